The molecule has 0 bridgehead atoms. The highest BCUT2D eigenvalue weighted by atomic mass is 32.2. The molecule has 1 aromatic carbocycles. The Morgan fingerprint density at radius 2 is 2.15 bits per heavy atom. The lowest BCUT2D eigenvalue weighted by molar-refractivity contribution is -0.125. The smallest absolute Gasteiger partial charge is 0.222 e. The number of hydrogen-bond acceptors (Lipinski definition) is 4. The predicted molar refractivity (Wildman–Crippen MR) is 85.1 cm³/mol. The van der Waals surface area contributed by atoms with Crippen LogP contribution in [0.3, 0.4) is 0 Å². The van der Waals surface area contributed by atoms with Gasteiger partial charge in [-0.2, -0.15) is 0 Å². The van der Waals surface area contributed by atoms with Crippen LogP contribution in [-0.2, 0) is 11.3 Å². The zero-order valence-corrected chi connectivity index (χ0v) is 13.0. The van der Waals surface area contributed by atoms with Crippen molar-refractivity contribution in [1.29, 1.82) is 0 Å². The minimum Gasteiger partial charge on any atom is -0.371 e. The summed E-state index contributed by atoms with van der Waals surface area (Å²) in [5, 5.41) is 2.75. The molecule has 1 fully saturated rings. The van der Waals surface area contributed by atoms with Crippen LogP contribution in [0.1, 0.15) is 18.4 Å². The highest BCUT2D eigenvalue weighted by Gasteiger charge is 2.25. The van der Waals surface area contributed by atoms with E-state index in [1.165, 1.54) is 16.1 Å². The lowest BCUT2D eigenvalue weighted by Gasteiger charge is -2.34. The van der Waals surface area contributed by atoms with Crippen LogP contribution >= 0.6 is 11.8 Å². The molecule has 2 rings (SSSR count). The molecule has 0 aromatic heterocycles. The van der Waals surface area contributed by atoms with E-state index in [1.54, 1.807) is 18.8 Å². The number of hydrogen-bond donors (Lipinski definition) is 2. The number of nitrogens with two attached hydrogens (primary N) is 1. The zero-order chi connectivity index (χ0) is 14.5. The van der Waals surface area contributed by atoms with Crippen LogP contribution in [0.4, 0.5) is 5.69 Å². The Kier molecular flexibility index (Phi) is 5.31. The van der Waals surface area contributed by atoms with Crippen molar-refractivity contribution in [2.24, 2.45) is 11.7 Å². The van der Waals surface area contributed by atoms with Gasteiger partial charge in [0.15, 0.2) is 0 Å². The van der Waals surface area contributed by atoms with Crippen LogP contribution in [0, 0.1) is 5.92 Å². The van der Waals surface area contributed by atoms with Gasteiger partial charge in [-0.3, -0.25) is 4.79 Å². The average molecular weight is 293 g/mol. The molecular formula is C15H23N3OS. The summed E-state index contributed by atoms with van der Waals surface area (Å²) < 4.78 is 0. The van der Waals surface area contributed by atoms with E-state index in [4.69, 9.17) is 5.73 Å². The van der Waals surface area contributed by atoms with Crippen molar-refractivity contribution < 1.29 is 4.79 Å². The molecule has 1 heterocycles. The molecule has 1 saturated heterocycles. The Hall–Kier alpha value is -1.20. The molecule has 0 saturated carbocycles. The van der Waals surface area contributed by atoms with Gasteiger partial charge in [-0.1, -0.05) is 6.07 Å². The number of thioether (sulfide) groups is 1. The van der Waals surface area contributed by atoms with Gasteiger partial charge in [-0.25, -0.2) is 0 Å². The maximum atomic E-state index is 11.7. The van der Waals surface area contributed by atoms with Crippen molar-refractivity contribution in [3.8, 4) is 0 Å². The minimum absolute atomic E-state index is 0.154. The minimum atomic E-state index is 0.154. The van der Waals surface area contributed by atoms with Gasteiger partial charge in [-0.05, 0) is 31.2 Å². The number of anilines is 1. The van der Waals surface area contributed by atoms with E-state index >= 15 is 0 Å². The summed E-state index contributed by atoms with van der Waals surface area (Å²) in [7, 11) is 1.71. The van der Waals surface area contributed by atoms with E-state index in [1.807, 2.05) is 0 Å². The summed E-state index contributed by atoms with van der Waals surface area (Å²) in [5.74, 6) is 0.322. The zero-order valence-electron chi connectivity index (χ0n) is 12.2. The van der Waals surface area contributed by atoms with Crippen molar-refractivity contribution in [1.82, 2.24) is 5.32 Å². The first-order chi connectivity index (χ1) is 9.71. The largest absolute Gasteiger partial charge is 0.371 e. The Labute approximate surface area is 125 Å². The highest BCUT2D eigenvalue weighted by Crippen LogP contribution is 2.31. The van der Waals surface area contributed by atoms with E-state index in [0.717, 1.165) is 25.9 Å². The van der Waals surface area contributed by atoms with Crippen LogP contribution in [0.5, 0.6) is 0 Å². The Balaban J connectivity index is 2.12. The van der Waals surface area contributed by atoms with Crippen LogP contribution < -0.4 is 16.0 Å². The number of amides is 1. The Morgan fingerprint density at radius 3 is 2.70 bits per heavy atom. The van der Waals surface area contributed by atoms with E-state index in [2.05, 4.69) is 34.7 Å². The summed E-state index contributed by atoms with van der Waals surface area (Å²) in [6.07, 6.45) is 3.90. The van der Waals surface area contributed by atoms with Gasteiger partial charge in [0.2, 0.25) is 5.91 Å². The van der Waals surface area contributed by atoms with Gasteiger partial charge in [0.1, 0.15) is 0 Å². The fraction of sp³-hybridized carbons (Fsp3) is 0.533. The number of piperidine rings is 1. The second-order valence-electron chi connectivity index (χ2n) is 5.04. The van der Waals surface area contributed by atoms with Crippen LogP contribution in [0.25, 0.3) is 0 Å². The van der Waals surface area contributed by atoms with Crippen molar-refractivity contribution in [3.63, 3.8) is 0 Å². The van der Waals surface area contributed by atoms with Crippen molar-refractivity contribution in [2.45, 2.75) is 24.3 Å². The van der Waals surface area contributed by atoms with Crippen molar-refractivity contribution >= 4 is 23.4 Å². The van der Waals surface area contributed by atoms with Crippen molar-refractivity contribution in [3.05, 3.63) is 23.8 Å². The summed E-state index contributed by atoms with van der Waals surface area (Å²) in [5.41, 5.74) is 8.38. The summed E-state index contributed by atoms with van der Waals surface area (Å²) in [6, 6.07) is 6.35. The fourth-order valence-corrected chi connectivity index (χ4v) is 3.48. The normalized spacial score (nSPS) is 16.2. The number of carbonyl (C=O) groups is 1. The molecule has 3 N–H and O–H groups in total. The first-order valence-electron chi connectivity index (χ1n) is 7.03. The first-order valence-corrected chi connectivity index (χ1v) is 8.26. The predicted octanol–water partition coefficient (Wildman–Crippen LogP) is 1.83. The third-order valence-electron chi connectivity index (χ3n) is 3.99. The molecule has 1 aromatic rings. The quantitative estimate of drug-likeness (QED) is 0.832. The summed E-state index contributed by atoms with van der Waals surface area (Å²) >= 11 is 1.74. The van der Waals surface area contributed by atoms with E-state index < -0.39 is 0 Å². The van der Waals surface area contributed by atoms with Crippen LogP contribution in [0.2, 0.25) is 0 Å². The third-order valence-corrected chi connectivity index (χ3v) is 4.81. The topological polar surface area (TPSA) is 58.4 Å². The maximum Gasteiger partial charge on any atom is 0.222 e. The maximum absolute atomic E-state index is 11.7. The second-order valence-corrected chi connectivity index (χ2v) is 5.89. The van der Waals surface area contributed by atoms with Crippen molar-refractivity contribution in [2.75, 3.05) is 31.3 Å². The lowest BCUT2D eigenvalue weighted by Crippen LogP contribution is -2.40. The van der Waals surface area contributed by atoms with Gasteiger partial charge in [0.05, 0.1) is 0 Å². The molecule has 20 heavy (non-hydrogen) atoms. The number of nitrogens with zero attached hydrogens (tertiary/aromatic N) is 1. The average Bonchev–Trinajstić information content (AvgIpc) is 2.53. The fourth-order valence-electron chi connectivity index (χ4n) is 2.83. The molecule has 1 aliphatic heterocycles. The van der Waals surface area contributed by atoms with Gasteiger partial charge >= 0.3 is 0 Å². The van der Waals surface area contributed by atoms with E-state index in [-0.39, 0.29) is 11.8 Å². The number of carbonyl (C=O) groups excluding carboxylic acids is 1. The molecule has 0 spiro atoms. The Bertz CT molecular complexity index is 470. The SMILES string of the molecule is CNC(=O)C1CCN(c2cccc(SC)c2CN)CC1. The standard InChI is InChI=1S/C15H23N3OS/c1-17-15(19)11-6-8-18(9-7-11)13-4-3-5-14(20-2)12(13)10-16/h3-5,11H,6-10,16H2,1-2H3,(H,17,19). The number of benzene rings is 1. The first kappa shape index (κ1) is 15.2. The van der Waals surface area contributed by atoms with E-state index in [0.29, 0.717) is 6.54 Å². The van der Waals surface area contributed by atoms with Gasteiger partial charge in [-0.15, -0.1) is 11.8 Å². The molecule has 0 unspecified atom stereocenters. The summed E-state index contributed by atoms with van der Waals surface area (Å²) in [4.78, 5) is 15.3. The lowest BCUT2D eigenvalue weighted by atomic mass is 9.95. The van der Waals surface area contributed by atoms with Gasteiger partial charge < -0.3 is 16.0 Å². The van der Waals surface area contributed by atoms with Gasteiger partial charge in [0, 0.05) is 48.7 Å². The monoisotopic (exact) mass is 293 g/mol. The van der Waals surface area contributed by atoms with Gasteiger partial charge in [0.25, 0.3) is 0 Å². The molecule has 0 aliphatic carbocycles. The van der Waals surface area contributed by atoms with E-state index in [9.17, 15) is 4.79 Å². The summed E-state index contributed by atoms with van der Waals surface area (Å²) in [6.45, 7) is 2.40. The Morgan fingerprint density at radius 1 is 1.45 bits per heavy atom. The number of rotatable bonds is 4. The molecule has 1 aliphatic rings. The molecule has 0 atom stereocenters. The second kappa shape index (κ2) is 6.99. The molecule has 110 valence electrons. The van der Waals surface area contributed by atoms with Crippen LogP contribution in [-0.4, -0.2) is 32.3 Å². The molecule has 4 nitrogen and oxygen atoms in total. The third kappa shape index (κ3) is 3.10. The molecular weight excluding hydrogens is 270 g/mol. The van der Waals surface area contributed by atoms with Crippen LogP contribution in [0.15, 0.2) is 23.1 Å². The molecule has 5 heteroatoms. The number of nitrogens with one attached hydrogen (secondary N) is 1. The molecule has 0 radical (unpaired) electrons. The molecule has 1 amide bonds. The highest BCUT2D eigenvalue weighted by molar-refractivity contribution is 7.98.